The fourth-order valence-corrected chi connectivity index (χ4v) is 2.42. The number of primary amides is 1. The van der Waals surface area contributed by atoms with Gasteiger partial charge < -0.3 is 15.2 Å². The minimum atomic E-state index is -0.455. The molecule has 2 aliphatic heterocycles. The highest BCUT2D eigenvalue weighted by Gasteiger charge is 2.45. The van der Waals surface area contributed by atoms with Crippen molar-refractivity contribution in [2.45, 2.75) is 31.6 Å². The maximum Gasteiger partial charge on any atom is 0.234 e. The summed E-state index contributed by atoms with van der Waals surface area (Å²) in [5, 5.41) is 0. The van der Waals surface area contributed by atoms with Gasteiger partial charge in [0.25, 0.3) is 0 Å². The zero-order valence-electron chi connectivity index (χ0n) is 9.07. The van der Waals surface area contributed by atoms with Gasteiger partial charge in [0, 0.05) is 13.0 Å². The first-order valence-corrected chi connectivity index (χ1v) is 5.48. The summed E-state index contributed by atoms with van der Waals surface area (Å²) in [6.07, 6.45) is 1.57. The Bertz CT molecular complexity index is 251. The lowest BCUT2D eigenvalue weighted by atomic mass is 10.2. The van der Waals surface area contributed by atoms with Crippen LogP contribution in [-0.2, 0) is 14.3 Å². The van der Waals surface area contributed by atoms with E-state index in [4.69, 9.17) is 15.2 Å². The van der Waals surface area contributed by atoms with Crippen LogP contribution in [-0.4, -0.2) is 48.9 Å². The van der Waals surface area contributed by atoms with E-state index in [-0.39, 0.29) is 11.9 Å². The van der Waals surface area contributed by atoms with Crippen molar-refractivity contribution in [2.24, 2.45) is 5.73 Å². The number of nitrogens with zero attached hydrogens (tertiary/aromatic N) is 1. The van der Waals surface area contributed by atoms with Gasteiger partial charge in [0.15, 0.2) is 5.79 Å². The summed E-state index contributed by atoms with van der Waals surface area (Å²) in [7, 11) is 0. The fourth-order valence-electron chi connectivity index (χ4n) is 2.42. The zero-order valence-corrected chi connectivity index (χ0v) is 9.07. The second kappa shape index (κ2) is 4.08. The molecular formula is C10H18N2O3. The van der Waals surface area contributed by atoms with E-state index in [0.717, 1.165) is 19.4 Å². The molecule has 1 spiro atoms. The van der Waals surface area contributed by atoms with Crippen LogP contribution in [0.1, 0.15) is 19.8 Å². The average molecular weight is 214 g/mol. The number of nitrogens with two attached hydrogens (primary N) is 1. The number of ether oxygens (including phenoxy) is 2. The van der Waals surface area contributed by atoms with Crippen LogP contribution in [0, 0.1) is 0 Å². The lowest BCUT2D eigenvalue weighted by Gasteiger charge is -2.26. The van der Waals surface area contributed by atoms with Gasteiger partial charge in [0.1, 0.15) is 0 Å². The summed E-state index contributed by atoms with van der Waals surface area (Å²) < 4.78 is 11.2. The van der Waals surface area contributed by atoms with Crippen molar-refractivity contribution in [2.75, 3.05) is 26.3 Å². The van der Waals surface area contributed by atoms with E-state index in [1.165, 1.54) is 0 Å². The molecule has 2 heterocycles. The van der Waals surface area contributed by atoms with Crippen LogP contribution in [0.5, 0.6) is 0 Å². The van der Waals surface area contributed by atoms with E-state index in [2.05, 4.69) is 4.90 Å². The lowest BCUT2D eigenvalue weighted by Crippen LogP contribution is -2.45. The van der Waals surface area contributed by atoms with E-state index < -0.39 is 5.79 Å². The van der Waals surface area contributed by atoms with E-state index in [0.29, 0.717) is 19.8 Å². The quantitative estimate of drug-likeness (QED) is 0.700. The van der Waals surface area contributed by atoms with Gasteiger partial charge in [-0.1, -0.05) is 6.92 Å². The molecule has 86 valence electrons. The highest BCUT2D eigenvalue weighted by Crippen LogP contribution is 2.31. The Kier molecular flexibility index (Phi) is 2.95. The molecule has 2 fully saturated rings. The third kappa shape index (κ3) is 2.00. The summed E-state index contributed by atoms with van der Waals surface area (Å²) in [5.41, 5.74) is 5.35. The summed E-state index contributed by atoms with van der Waals surface area (Å²) in [4.78, 5) is 13.3. The van der Waals surface area contributed by atoms with Gasteiger partial charge in [-0.3, -0.25) is 9.69 Å². The van der Waals surface area contributed by atoms with Gasteiger partial charge in [0.05, 0.1) is 25.8 Å². The molecule has 5 nitrogen and oxygen atoms in total. The number of rotatable bonds is 3. The Labute approximate surface area is 89.5 Å². The van der Waals surface area contributed by atoms with Crippen LogP contribution < -0.4 is 5.73 Å². The molecule has 1 amide bonds. The van der Waals surface area contributed by atoms with Crippen LogP contribution in [0.2, 0.25) is 0 Å². The van der Waals surface area contributed by atoms with E-state index in [9.17, 15) is 4.79 Å². The molecule has 0 aliphatic carbocycles. The van der Waals surface area contributed by atoms with Crippen molar-refractivity contribution in [1.29, 1.82) is 0 Å². The minimum Gasteiger partial charge on any atom is -0.368 e. The molecule has 0 bridgehead atoms. The van der Waals surface area contributed by atoms with E-state index in [1.54, 1.807) is 0 Å². The third-order valence-corrected chi connectivity index (χ3v) is 3.19. The minimum absolute atomic E-state index is 0.183. The highest BCUT2D eigenvalue weighted by molar-refractivity contribution is 5.79. The predicted octanol–water partition coefficient (Wildman–Crippen LogP) is -0.301. The summed E-state index contributed by atoms with van der Waals surface area (Å²) in [5.74, 6) is -0.712. The number of hydrogen-bond donors (Lipinski definition) is 1. The van der Waals surface area contributed by atoms with E-state index >= 15 is 0 Å². The first-order valence-electron chi connectivity index (χ1n) is 5.48. The monoisotopic (exact) mass is 214 g/mol. The molecule has 2 aliphatic rings. The molecule has 0 aromatic heterocycles. The van der Waals surface area contributed by atoms with Crippen LogP contribution in [0.4, 0.5) is 0 Å². The second-order valence-electron chi connectivity index (χ2n) is 4.15. The Balaban J connectivity index is 1.99. The summed E-state index contributed by atoms with van der Waals surface area (Å²) >= 11 is 0. The predicted molar refractivity (Wildman–Crippen MR) is 54.1 cm³/mol. The van der Waals surface area contributed by atoms with Crippen LogP contribution in [0.25, 0.3) is 0 Å². The second-order valence-corrected chi connectivity index (χ2v) is 4.15. The molecule has 1 atom stereocenters. The largest absolute Gasteiger partial charge is 0.368 e. The van der Waals surface area contributed by atoms with Gasteiger partial charge in [0.2, 0.25) is 5.91 Å². The van der Waals surface area contributed by atoms with Crippen LogP contribution >= 0.6 is 0 Å². The molecule has 1 unspecified atom stereocenters. The van der Waals surface area contributed by atoms with Crippen molar-refractivity contribution < 1.29 is 14.3 Å². The summed E-state index contributed by atoms with van der Waals surface area (Å²) in [6, 6.07) is -0.183. The smallest absolute Gasteiger partial charge is 0.234 e. The molecule has 2 N–H and O–H groups in total. The number of carbonyl (C=O) groups excluding carboxylic acids is 1. The summed E-state index contributed by atoms with van der Waals surface area (Å²) in [6.45, 7) is 4.76. The van der Waals surface area contributed by atoms with Crippen molar-refractivity contribution in [3.8, 4) is 0 Å². The maximum atomic E-state index is 11.2. The number of hydrogen-bond acceptors (Lipinski definition) is 4. The van der Waals surface area contributed by atoms with Gasteiger partial charge in [-0.2, -0.15) is 0 Å². The molecule has 0 aromatic rings. The maximum absolute atomic E-state index is 11.2. The van der Waals surface area contributed by atoms with Crippen LogP contribution in [0.15, 0.2) is 0 Å². The normalized spacial score (nSPS) is 27.3. The Morgan fingerprint density at radius 2 is 2.20 bits per heavy atom. The van der Waals surface area contributed by atoms with E-state index in [1.807, 2.05) is 6.92 Å². The van der Waals surface area contributed by atoms with Crippen molar-refractivity contribution >= 4 is 5.91 Å². The molecule has 15 heavy (non-hydrogen) atoms. The van der Waals surface area contributed by atoms with Gasteiger partial charge in [-0.05, 0) is 6.42 Å². The van der Waals surface area contributed by atoms with Gasteiger partial charge in [-0.15, -0.1) is 0 Å². The highest BCUT2D eigenvalue weighted by atomic mass is 16.7. The third-order valence-electron chi connectivity index (χ3n) is 3.19. The average Bonchev–Trinajstić information content (AvgIpc) is 2.79. The molecule has 0 saturated carbocycles. The van der Waals surface area contributed by atoms with Gasteiger partial charge >= 0.3 is 0 Å². The zero-order chi connectivity index (χ0) is 10.9. The van der Waals surface area contributed by atoms with Gasteiger partial charge in [-0.25, -0.2) is 0 Å². The van der Waals surface area contributed by atoms with Crippen molar-refractivity contribution in [3.63, 3.8) is 0 Å². The first kappa shape index (κ1) is 10.9. The Morgan fingerprint density at radius 3 is 2.73 bits per heavy atom. The lowest BCUT2D eigenvalue weighted by molar-refractivity contribution is -0.148. The standard InChI is InChI=1S/C10H18N2O3/c1-2-8(9(11)13)12-4-3-10(7-12)14-5-6-15-10/h8H,2-7H2,1H3,(H2,11,13). The Hall–Kier alpha value is -0.650. The fraction of sp³-hybridized carbons (Fsp3) is 0.900. The topological polar surface area (TPSA) is 64.8 Å². The number of likely N-dealkylation sites (tertiary alicyclic amines) is 1. The molecule has 0 radical (unpaired) electrons. The number of carbonyl (C=O) groups is 1. The molecular weight excluding hydrogens is 196 g/mol. The molecule has 0 aromatic carbocycles. The molecule has 2 saturated heterocycles. The number of amides is 1. The Morgan fingerprint density at radius 1 is 1.53 bits per heavy atom. The SMILES string of the molecule is CCC(C(N)=O)N1CCC2(C1)OCCO2. The molecule has 5 heteroatoms. The molecule has 2 rings (SSSR count). The first-order chi connectivity index (χ1) is 7.17. The van der Waals surface area contributed by atoms with Crippen LogP contribution in [0.3, 0.4) is 0 Å². The van der Waals surface area contributed by atoms with Crippen molar-refractivity contribution in [1.82, 2.24) is 4.90 Å². The van der Waals surface area contributed by atoms with Crippen molar-refractivity contribution in [3.05, 3.63) is 0 Å².